The van der Waals surface area contributed by atoms with Crippen molar-refractivity contribution >= 4 is 52.8 Å². The molecule has 0 unspecified atom stereocenters. The molecule has 202 valence electrons. The third-order valence-electron chi connectivity index (χ3n) is 5.31. The van der Waals surface area contributed by atoms with Gasteiger partial charge in [-0.25, -0.2) is 9.97 Å². The SMILES string of the molecule is CSc1nc2c(nc(N)n2[C@@H]2O[C@H](COC(C)=O)[C@@H](OC(C)=O)[C@H](OC(C)=O)[C@H]2OC(C)=O)c(=O)n1C. The molecule has 1 aliphatic heterocycles. The van der Waals surface area contributed by atoms with Crippen LogP contribution in [-0.2, 0) is 49.9 Å². The molecule has 5 atom stereocenters. The Hall–Kier alpha value is -3.66. The lowest BCUT2D eigenvalue weighted by atomic mass is 9.97. The Labute approximate surface area is 214 Å². The number of carbonyl (C=O) groups excluding carboxylic acids is 4. The van der Waals surface area contributed by atoms with Gasteiger partial charge in [-0.2, -0.15) is 0 Å². The molecule has 0 bridgehead atoms. The summed E-state index contributed by atoms with van der Waals surface area (Å²) in [4.78, 5) is 69.1. The number of thioether (sulfide) groups is 1. The summed E-state index contributed by atoms with van der Waals surface area (Å²) in [6, 6.07) is 0. The quantitative estimate of drug-likeness (QED) is 0.207. The summed E-state index contributed by atoms with van der Waals surface area (Å²) in [5.74, 6) is -3.21. The van der Waals surface area contributed by atoms with E-state index in [0.717, 1.165) is 27.7 Å². The molecule has 0 amide bonds. The number of ether oxygens (including phenoxy) is 5. The topological polar surface area (TPSA) is 193 Å². The maximum Gasteiger partial charge on any atom is 0.303 e. The van der Waals surface area contributed by atoms with Gasteiger partial charge < -0.3 is 29.4 Å². The van der Waals surface area contributed by atoms with Gasteiger partial charge in [0, 0.05) is 34.7 Å². The highest BCUT2D eigenvalue weighted by molar-refractivity contribution is 7.98. The van der Waals surface area contributed by atoms with E-state index in [2.05, 4.69) is 9.97 Å². The van der Waals surface area contributed by atoms with Crippen LogP contribution in [0.3, 0.4) is 0 Å². The van der Waals surface area contributed by atoms with Crippen LogP contribution in [-0.4, -0.2) is 80.3 Å². The van der Waals surface area contributed by atoms with Gasteiger partial charge in [0.25, 0.3) is 5.56 Å². The van der Waals surface area contributed by atoms with E-state index in [4.69, 9.17) is 29.4 Å². The maximum atomic E-state index is 12.9. The number of hydrogen-bond donors (Lipinski definition) is 1. The average molecular weight is 542 g/mol. The first kappa shape index (κ1) is 27.9. The second-order valence-electron chi connectivity index (χ2n) is 8.06. The number of nitrogen functional groups attached to an aromatic ring is 1. The number of hydrogen-bond acceptors (Lipinski definition) is 14. The van der Waals surface area contributed by atoms with Crippen LogP contribution in [0.5, 0.6) is 0 Å². The number of carbonyl (C=O) groups is 4. The predicted molar refractivity (Wildman–Crippen MR) is 126 cm³/mol. The van der Waals surface area contributed by atoms with E-state index in [1.165, 1.54) is 27.9 Å². The van der Waals surface area contributed by atoms with Crippen LogP contribution >= 0.6 is 11.8 Å². The standard InChI is InChI=1S/C21H27N5O10S/c1-8(27)32-7-12-14(33-9(2)28)15(34-10(3)29)16(35-11(4)30)19(36-12)26-17-13(23-20(26)22)18(31)25(5)21(24-17)37-6/h12,14-16,19H,7H2,1-6H3,(H2,22,23)/t12-,14-,15+,16-,19-/m1/s1. The molecule has 2 aromatic heterocycles. The molecule has 15 nitrogen and oxygen atoms in total. The van der Waals surface area contributed by atoms with Crippen LogP contribution in [0, 0.1) is 0 Å². The molecule has 16 heteroatoms. The first-order valence-electron chi connectivity index (χ1n) is 10.9. The lowest BCUT2D eigenvalue weighted by Crippen LogP contribution is -2.60. The van der Waals surface area contributed by atoms with E-state index in [-0.39, 0.29) is 17.1 Å². The normalized spacial score (nSPS) is 23.4. The molecule has 37 heavy (non-hydrogen) atoms. The molecule has 1 fully saturated rings. The highest BCUT2D eigenvalue weighted by atomic mass is 32.2. The van der Waals surface area contributed by atoms with Crippen LogP contribution in [0.2, 0.25) is 0 Å². The third-order valence-corrected chi connectivity index (χ3v) is 6.04. The molecule has 0 spiro atoms. The van der Waals surface area contributed by atoms with Gasteiger partial charge in [-0.05, 0) is 6.26 Å². The van der Waals surface area contributed by atoms with E-state index >= 15 is 0 Å². The molecular weight excluding hydrogens is 514 g/mol. The van der Waals surface area contributed by atoms with Gasteiger partial charge >= 0.3 is 23.9 Å². The van der Waals surface area contributed by atoms with Gasteiger partial charge in [0.1, 0.15) is 12.7 Å². The van der Waals surface area contributed by atoms with Gasteiger partial charge in [-0.3, -0.25) is 33.1 Å². The minimum atomic E-state index is -1.44. The van der Waals surface area contributed by atoms with Crippen LogP contribution in [0.1, 0.15) is 33.9 Å². The highest BCUT2D eigenvalue weighted by Crippen LogP contribution is 2.37. The first-order chi connectivity index (χ1) is 17.3. The van der Waals surface area contributed by atoms with Crippen molar-refractivity contribution in [2.45, 2.75) is 63.5 Å². The largest absolute Gasteiger partial charge is 0.463 e. The molecule has 0 aliphatic carbocycles. The number of esters is 4. The minimum absolute atomic E-state index is 0.00542. The number of nitrogens with two attached hydrogens (primary N) is 1. The molecule has 1 aliphatic rings. The number of anilines is 1. The first-order valence-corrected chi connectivity index (χ1v) is 12.2. The average Bonchev–Trinajstić information content (AvgIpc) is 3.12. The summed E-state index contributed by atoms with van der Waals surface area (Å²) in [6.45, 7) is 4.08. The van der Waals surface area contributed by atoms with Crippen molar-refractivity contribution in [3.63, 3.8) is 0 Å². The van der Waals surface area contributed by atoms with Crippen molar-refractivity contribution in [3.8, 4) is 0 Å². The second kappa shape index (κ2) is 11.2. The molecule has 3 rings (SSSR count). The van der Waals surface area contributed by atoms with Crippen molar-refractivity contribution in [2.75, 3.05) is 18.6 Å². The minimum Gasteiger partial charge on any atom is -0.463 e. The zero-order valence-electron chi connectivity index (χ0n) is 21.0. The van der Waals surface area contributed by atoms with Gasteiger partial charge in [-0.15, -0.1) is 0 Å². The predicted octanol–water partition coefficient (Wildman–Crippen LogP) is -0.310. The summed E-state index contributed by atoms with van der Waals surface area (Å²) in [5.41, 5.74) is 5.59. The van der Waals surface area contributed by atoms with E-state index in [0.29, 0.717) is 5.16 Å². The van der Waals surface area contributed by atoms with Crippen LogP contribution in [0.4, 0.5) is 5.95 Å². The van der Waals surface area contributed by atoms with Gasteiger partial charge in [-0.1, -0.05) is 11.8 Å². The number of imidazole rings is 1. The Kier molecular flexibility index (Phi) is 8.42. The maximum absolute atomic E-state index is 12.9. The highest BCUT2D eigenvalue weighted by Gasteiger charge is 2.53. The fourth-order valence-corrected chi connectivity index (χ4v) is 4.48. The van der Waals surface area contributed by atoms with Crippen molar-refractivity contribution in [1.29, 1.82) is 0 Å². The van der Waals surface area contributed by atoms with Crippen molar-refractivity contribution < 1.29 is 42.9 Å². The molecule has 3 heterocycles. The zero-order chi connectivity index (χ0) is 27.6. The van der Waals surface area contributed by atoms with E-state index in [1.54, 1.807) is 6.26 Å². The number of fused-ring (bicyclic) bond motifs is 1. The summed E-state index contributed by atoms with van der Waals surface area (Å²) >= 11 is 1.19. The van der Waals surface area contributed by atoms with E-state index in [9.17, 15) is 24.0 Å². The van der Waals surface area contributed by atoms with E-state index < -0.39 is 66.7 Å². The Balaban J connectivity index is 2.26. The van der Waals surface area contributed by atoms with E-state index in [1.807, 2.05) is 0 Å². The number of rotatable bonds is 7. The second-order valence-corrected chi connectivity index (χ2v) is 8.84. The Bertz CT molecular complexity index is 1290. The number of aromatic nitrogens is 4. The number of nitrogens with zero attached hydrogens (tertiary/aromatic N) is 4. The summed E-state index contributed by atoms with van der Waals surface area (Å²) in [5, 5.41) is 0.323. The molecule has 2 N–H and O–H groups in total. The van der Waals surface area contributed by atoms with Gasteiger partial charge in [0.2, 0.25) is 5.95 Å². The third kappa shape index (κ3) is 5.85. The Morgan fingerprint density at radius 2 is 1.51 bits per heavy atom. The van der Waals surface area contributed by atoms with Crippen molar-refractivity contribution in [1.82, 2.24) is 19.1 Å². The van der Waals surface area contributed by atoms with Crippen LogP contribution < -0.4 is 11.3 Å². The molecular formula is C21H27N5O10S. The Morgan fingerprint density at radius 1 is 0.946 bits per heavy atom. The zero-order valence-corrected chi connectivity index (χ0v) is 21.8. The van der Waals surface area contributed by atoms with Gasteiger partial charge in [0.05, 0.1) is 0 Å². The summed E-state index contributed by atoms with van der Waals surface area (Å²) < 4.78 is 30.0. The summed E-state index contributed by atoms with van der Waals surface area (Å²) in [7, 11) is 1.52. The smallest absolute Gasteiger partial charge is 0.303 e. The van der Waals surface area contributed by atoms with Gasteiger partial charge in [0.15, 0.2) is 40.9 Å². The lowest BCUT2D eigenvalue weighted by molar-refractivity contribution is -0.267. The fraction of sp³-hybridized carbons (Fsp3) is 0.571. The van der Waals surface area contributed by atoms with Crippen LogP contribution in [0.15, 0.2) is 9.95 Å². The van der Waals surface area contributed by atoms with Crippen LogP contribution in [0.25, 0.3) is 11.2 Å². The van der Waals surface area contributed by atoms with Crippen molar-refractivity contribution in [3.05, 3.63) is 10.4 Å². The molecule has 1 saturated heterocycles. The van der Waals surface area contributed by atoms with Crippen molar-refractivity contribution in [2.24, 2.45) is 7.05 Å². The molecule has 0 aromatic carbocycles. The molecule has 0 radical (unpaired) electrons. The fourth-order valence-electron chi connectivity index (χ4n) is 3.95. The summed E-state index contributed by atoms with van der Waals surface area (Å²) in [6.07, 6.45) is -5.10. The molecule has 2 aromatic rings. The lowest BCUT2D eigenvalue weighted by Gasteiger charge is -2.44. The monoisotopic (exact) mass is 541 g/mol. The Morgan fingerprint density at radius 3 is 2.05 bits per heavy atom. The molecule has 0 saturated carbocycles.